The molecule has 1 aliphatic rings. The molecule has 1 aromatic carbocycles. The van der Waals surface area contributed by atoms with Crippen LogP contribution in [-0.4, -0.2) is 40.7 Å². The van der Waals surface area contributed by atoms with Crippen LogP contribution in [0.5, 0.6) is 5.75 Å². The predicted molar refractivity (Wildman–Crippen MR) is 90.9 cm³/mol. The van der Waals surface area contributed by atoms with E-state index in [0.29, 0.717) is 21.3 Å². The first-order chi connectivity index (χ1) is 12.4. The second kappa shape index (κ2) is 7.38. The molecule has 0 aliphatic carbocycles. The van der Waals surface area contributed by atoms with E-state index in [0.717, 1.165) is 11.3 Å². The van der Waals surface area contributed by atoms with Crippen LogP contribution in [0.3, 0.4) is 0 Å². The highest BCUT2D eigenvalue weighted by atomic mass is 32.1. The molecule has 1 aromatic heterocycles. The molecule has 1 atom stereocenters. The van der Waals surface area contributed by atoms with Gasteiger partial charge < -0.3 is 19.9 Å². The molecule has 138 valence electrons. The van der Waals surface area contributed by atoms with Crippen molar-refractivity contribution in [2.45, 2.75) is 25.5 Å². The van der Waals surface area contributed by atoms with E-state index in [-0.39, 0.29) is 32.1 Å². The molecule has 1 saturated heterocycles. The minimum atomic E-state index is -1.40. The summed E-state index contributed by atoms with van der Waals surface area (Å²) in [4.78, 5) is 28.6. The number of aryl methyl sites for hydroxylation is 1. The maximum absolute atomic E-state index is 12.9. The van der Waals surface area contributed by atoms with Gasteiger partial charge in [0.2, 0.25) is 0 Å². The van der Waals surface area contributed by atoms with Gasteiger partial charge in [-0.05, 0) is 31.2 Å². The molecule has 0 bridgehead atoms. The molecule has 26 heavy (non-hydrogen) atoms. The summed E-state index contributed by atoms with van der Waals surface area (Å²) in [6.07, 6.45) is 0.215. The Labute approximate surface area is 152 Å². The van der Waals surface area contributed by atoms with Gasteiger partial charge in [-0.2, -0.15) is 0 Å². The molecule has 2 heterocycles. The summed E-state index contributed by atoms with van der Waals surface area (Å²) in [5, 5.41) is 12.5. The number of aromatic nitrogens is 1. The first-order valence-electron chi connectivity index (χ1n) is 7.88. The number of carboxylic acids is 1. The number of halogens is 1. The van der Waals surface area contributed by atoms with Gasteiger partial charge in [0.25, 0.3) is 5.91 Å². The van der Waals surface area contributed by atoms with Gasteiger partial charge in [0.1, 0.15) is 28.1 Å². The topological polar surface area (TPSA) is 97.8 Å². The lowest BCUT2D eigenvalue weighted by Gasteiger charge is -2.23. The molecule has 1 fully saturated rings. The van der Waals surface area contributed by atoms with E-state index in [1.54, 1.807) is 6.92 Å². The number of hydrogen-bond donors (Lipinski definition) is 2. The summed E-state index contributed by atoms with van der Waals surface area (Å²) < 4.78 is 23.5. The van der Waals surface area contributed by atoms with E-state index in [4.69, 9.17) is 9.47 Å². The molecule has 2 N–H and O–H groups in total. The lowest BCUT2D eigenvalue weighted by molar-refractivity contribution is -0.144. The molecular weight excluding hydrogens is 363 g/mol. The summed E-state index contributed by atoms with van der Waals surface area (Å²) in [6, 6.07) is 5.58. The van der Waals surface area contributed by atoms with Gasteiger partial charge in [0.05, 0.1) is 12.3 Å². The Bertz CT molecular complexity index is 815. The van der Waals surface area contributed by atoms with E-state index in [1.807, 2.05) is 0 Å². The molecule has 3 rings (SSSR count). The van der Waals surface area contributed by atoms with Crippen LogP contribution in [0.25, 0.3) is 0 Å². The molecule has 9 heteroatoms. The minimum absolute atomic E-state index is 0.0630. The SMILES string of the molecule is Cc1nc(COc2ccc(F)cc2)sc1C(=O)NC1(C(=O)O)CCOC1. The number of amides is 1. The fourth-order valence-corrected chi connectivity index (χ4v) is 3.43. The summed E-state index contributed by atoms with van der Waals surface area (Å²) >= 11 is 1.13. The standard InChI is InChI=1S/C17H17FN2O5S/c1-10-14(15(21)20-17(16(22)23)6-7-24-9-17)26-13(19-10)8-25-12-4-2-11(18)3-5-12/h2-5H,6-9H2,1H3,(H,20,21)(H,22,23). The van der Waals surface area contributed by atoms with Crippen LogP contribution < -0.4 is 10.1 Å². The van der Waals surface area contributed by atoms with Gasteiger partial charge >= 0.3 is 5.97 Å². The third-order valence-corrected chi connectivity index (χ3v) is 5.14. The quantitative estimate of drug-likeness (QED) is 0.797. The number of ether oxygens (including phenoxy) is 2. The molecule has 1 amide bonds. The zero-order valence-electron chi connectivity index (χ0n) is 14.0. The largest absolute Gasteiger partial charge is 0.486 e. The summed E-state index contributed by atoms with van der Waals surface area (Å²) in [7, 11) is 0. The molecule has 0 spiro atoms. The van der Waals surface area contributed by atoms with Gasteiger partial charge in [-0.15, -0.1) is 11.3 Å². The van der Waals surface area contributed by atoms with Crippen LogP contribution in [0.4, 0.5) is 4.39 Å². The molecular formula is C17H17FN2O5S. The number of nitrogens with one attached hydrogen (secondary N) is 1. The Morgan fingerprint density at radius 1 is 1.42 bits per heavy atom. The van der Waals surface area contributed by atoms with Crippen molar-refractivity contribution < 1.29 is 28.6 Å². The molecule has 1 aliphatic heterocycles. The van der Waals surface area contributed by atoms with Crippen molar-refractivity contribution >= 4 is 23.2 Å². The Hall–Kier alpha value is -2.52. The highest BCUT2D eigenvalue weighted by Crippen LogP contribution is 2.24. The van der Waals surface area contributed by atoms with Crippen molar-refractivity contribution in [3.63, 3.8) is 0 Å². The van der Waals surface area contributed by atoms with Crippen molar-refractivity contribution in [3.05, 3.63) is 45.7 Å². The molecule has 0 radical (unpaired) electrons. The highest BCUT2D eigenvalue weighted by Gasteiger charge is 2.44. The van der Waals surface area contributed by atoms with Gasteiger partial charge in [-0.25, -0.2) is 14.2 Å². The molecule has 0 saturated carbocycles. The number of benzene rings is 1. The smallest absolute Gasteiger partial charge is 0.331 e. The number of carboxylic acid groups (broad SMARTS) is 1. The van der Waals surface area contributed by atoms with Gasteiger partial charge in [0, 0.05) is 13.0 Å². The number of rotatable bonds is 6. The highest BCUT2D eigenvalue weighted by molar-refractivity contribution is 7.13. The Morgan fingerprint density at radius 3 is 2.77 bits per heavy atom. The zero-order chi connectivity index (χ0) is 18.7. The van der Waals surface area contributed by atoms with Crippen molar-refractivity contribution in [1.82, 2.24) is 10.3 Å². The van der Waals surface area contributed by atoms with Crippen LogP contribution >= 0.6 is 11.3 Å². The fourth-order valence-electron chi connectivity index (χ4n) is 2.56. The van der Waals surface area contributed by atoms with Crippen LogP contribution in [-0.2, 0) is 16.1 Å². The van der Waals surface area contributed by atoms with Crippen molar-refractivity contribution in [1.29, 1.82) is 0 Å². The second-order valence-corrected chi connectivity index (χ2v) is 6.99. The normalized spacial score (nSPS) is 19.3. The van der Waals surface area contributed by atoms with E-state index in [9.17, 15) is 19.1 Å². The van der Waals surface area contributed by atoms with Crippen molar-refractivity contribution in [2.75, 3.05) is 13.2 Å². The monoisotopic (exact) mass is 380 g/mol. The van der Waals surface area contributed by atoms with Gasteiger partial charge in [-0.3, -0.25) is 4.79 Å². The van der Waals surface area contributed by atoms with Gasteiger partial charge in [-0.1, -0.05) is 0 Å². The Balaban J connectivity index is 1.68. The van der Waals surface area contributed by atoms with Crippen LogP contribution in [0.1, 0.15) is 26.8 Å². The fraction of sp³-hybridized carbons (Fsp3) is 0.353. The average Bonchev–Trinajstić information content (AvgIpc) is 3.22. The van der Waals surface area contributed by atoms with E-state index in [2.05, 4.69) is 10.3 Å². The number of carbonyl (C=O) groups is 2. The second-order valence-electron chi connectivity index (χ2n) is 5.91. The zero-order valence-corrected chi connectivity index (χ0v) is 14.8. The lowest BCUT2D eigenvalue weighted by Crippen LogP contribution is -2.55. The summed E-state index contributed by atoms with van der Waals surface area (Å²) in [6.45, 7) is 2.01. The number of nitrogens with zero attached hydrogens (tertiary/aromatic N) is 1. The third-order valence-electron chi connectivity index (χ3n) is 4.01. The Morgan fingerprint density at radius 2 is 2.15 bits per heavy atom. The number of carbonyl (C=O) groups excluding carboxylic acids is 1. The summed E-state index contributed by atoms with van der Waals surface area (Å²) in [5.41, 5.74) is -0.914. The van der Waals surface area contributed by atoms with Crippen LogP contribution in [0.2, 0.25) is 0 Å². The first-order valence-corrected chi connectivity index (χ1v) is 8.69. The number of aliphatic carboxylic acids is 1. The lowest BCUT2D eigenvalue weighted by atomic mass is 9.99. The van der Waals surface area contributed by atoms with Crippen LogP contribution in [0, 0.1) is 12.7 Å². The first kappa shape index (κ1) is 18.3. The van der Waals surface area contributed by atoms with Crippen molar-refractivity contribution in [2.24, 2.45) is 0 Å². The maximum atomic E-state index is 12.9. The van der Waals surface area contributed by atoms with Crippen molar-refractivity contribution in [3.8, 4) is 5.75 Å². The summed E-state index contributed by atoms with van der Waals surface area (Å²) in [5.74, 6) is -1.49. The van der Waals surface area contributed by atoms with Crippen LogP contribution in [0.15, 0.2) is 24.3 Å². The van der Waals surface area contributed by atoms with E-state index in [1.165, 1.54) is 24.3 Å². The maximum Gasteiger partial charge on any atom is 0.331 e. The minimum Gasteiger partial charge on any atom is -0.486 e. The third kappa shape index (κ3) is 3.83. The number of hydrogen-bond acceptors (Lipinski definition) is 6. The van der Waals surface area contributed by atoms with Gasteiger partial charge in [0.15, 0.2) is 5.54 Å². The van der Waals surface area contributed by atoms with E-state index < -0.39 is 17.4 Å². The Kier molecular flexibility index (Phi) is 5.19. The molecule has 2 aromatic rings. The molecule has 7 nitrogen and oxygen atoms in total. The average molecular weight is 380 g/mol. The van der Waals surface area contributed by atoms with E-state index >= 15 is 0 Å². The number of thiazole rings is 1. The predicted octanol–water partition coefficient (Wildman–Crippen LogP) is 2.14. The molecule has 1 unspecified atom stereocenters.